The molecule has 2 aliphatic carbocycles. The molecule has 0 heterocycles. The normalized spacial score (nSPS) is 14.2. The predicted molar refractivity (Wildman–Crippen MR) is 273 cm³/mol. The number of hydrogen-bond donors (Lipinski definition) is 0. The van der Waals surface area contributed by atoms with Crippen LogP contribution in [0.15, 0.2) is 237 Å². The first-order valence-corrected chi connectivity index (χ1v) is 22.4. The Balaban J connectivity index is 1.14. The zero-order valence-electron chi connectivity index (χ0n) is 35.2. The zero-order valence-corrected chi connectivity index (χ0v) is 35.2. The topological polar surface area (TPSA) is 6.48 Å². The minimum Gasteiger partial charge on any atom is -0.329 e. The number of nitrogens with zero attached hydrogens (tertiary/aromatic N) is 2. The molecule has 1 atom stereocenters. The smallest absolute Gasteiger partial charge is 0.0791 e. The van der Waals surface area contributed by atoms with Crippen LogP contribution in [-0.2, 0) is 6.42 Å². The van der Waals surface area contributed by atoms with Crippen LogP contribution in [0.1, 0.15) is 28.3 Å². The molecule has 64 heavy (non-hydrogen) atoms. The van der Waals surface area contributed by atoms with Crippen LogP contribution in [0.3, 0.4) is 0 Å². The lowest BCUT2D eigenvalue weighted by Gasteiger charge is -2.40. The Labute approximate surface area is 372 Å². The fraction of sp³-hybridized carbons (Fsp3) is 0.0323. The third-order valence-electron chi connectivity index (χ3n) is 13.7. The maximum absolute atomic E-state index is 2.62. The van der Waals surface area contributed by atoms with Gasteiger partial charge in [0.15, 0.2) is 0 Å². The Hall–Kier alpha value is -8.20. The Bertz CT molecular complexity index is 3660. The Morgan fingerprint density at radius 2 is 0.891 bits per heavy atom. The van der Waals surface area contributed by atoms with Gasteiger partial charge >= 0.3 is 0 Å². The van der Waals surface area contributed by atoms with E-state index in [1.54, 1.807) is 0 Å². The second kappa shape index (κ2) is 14.7. The summed E-state index contributed by atoms with van der Waals surface area (Å²) in [5, 5.41) is 12.2. The monoisotopic (exact) mass is 814 g/mol. The van der Waals surface area contributed by atoms with Crippen molar-refractivity contribution in [2.45, 2.75) is 12.5 Å². The number of anilines is 5. The van der Waals surface area contributed by atoms with Crippen LogP contribution in [0.25, 0.3) is 65.0 Å². The maximum Gasteiger partial charge on any atom is 0.0791 e. The summed E-state index contributed by atoms with van der Waals surface area (Å²) in [6.07, 6.45) is 5.91. The molecule has 0 spiro atoms. The van der Waals surface area contributed by atoms with Gasteiger partial charge in [0, 0.05) is 38.3 Å². The van der Waals surface area contributed by atoms with Crippen molar-refractivity contribution in [2.24, 2.45) is 0 Å². The molecule has 2 heteroatoms. The van der Waals surface area contributed by atoms with Crippen molar-refractivity contribution in [3.05, 3.63) is 259 Å². The van der Waals surface area contributed by atoms with E-state index < -0.39 is 0 Å². The highest BCUT2D eigenvalue weighted by atomic mass is 15.2. The lowest BCUT2D eigenvalue weighted by Crippen LogP contribution is -2.27. The summed E-state index contributed by atoms with van der Waals surface area (Å²) >= 11 is 0. The quantitative estimate of drug-likeness (QED) is 0.0937. The molecule has 0 bridgehead atoms. The molecule has 0 saturated heterocycles. The highest BCUT2D eigenvalue weighted by Crippen LogP contribution is 2.55. The van der Waals surface area contributed by atoms with Crippen molar-refractivity contribution < 1.29 is 0 Å². The number of allylic oxidation sites excluding steroid dienone is 3. The van der Waals surface area contributed by atoms with Gasteiger partial charge < -0.3 is 9.80 Å². The summed E-state index contributed by atoms with van der Waals surface area (Å²) in [5.74, 6) is 0. The molecular formula is C62H42N2. The van der Waals surface area contributed by atoms with Crippen LogP contribution in [0.2, 0.25) is 0 Å². The molecule has 1 unspecified atom stereocenters. The van der Waals surface area contributed by atoms with Gasteiger partial charge in [0.05, 0.1) is 23.1 Å². The predicted octanol–water partition coefficient (Wildman–Crippen LogP) is 16.8. The van der Waals surface area contributed by atoms with Crippen molar-refractivity contribution in [2.75, 3.05) is 9.80 Å². The maximum atomic E-state index is 2.62. The third kappa shape index (κ3) is 5.59. The molecule has 2 nitrogen and oxygen atoms in total. The van der Waals surface area contributed by atoms with Gasteiger partial charge in [-0.15, -0.1) is 0 Å². The van der Waals surface area contributed by atoms with E-state index in [1.165, 1.54) is 92.9 Å². The molecule has 2 aliphatic rings. The van der Waals surface area contributed by atoms with Crippen molar-refractivity contribution >= 4 is 93.4 Å². The number of rotatable bonds is 6. The summed E-state index contributed by atoms with van der Waals surface area (Å²) < 4.78 is 0. The van der Waals surface area contributed by atoms with Crippen LogP contribution in [0.5, 0.6) is 0 Å². The molecular weight excluding hydrogens is 773 g/mol. The molecule has 0 amide bonds. The molecule has 0 radical (unpaired) electrons. The van der Waals surface area contributed by atoms with Crippen molar-refractivity contribution in [1.82, 2.24) is 0 Å². The standard InChI is InChI=1S/C62H42N2/c1-3-21-43(22-4-1)63(59-39-57-45-25-9-7-19-41(45)35-37-49(57)47-27-11-13-29-51(47)59)61-53-31-15-17-33-55(53)62(56-34-18-16-32-54(56)61)64(44-23-5-2-6-24-44)60-40-58-46-26-10-8-20-42(46)36-38-50(58)48-28-12-14-30-52(48)60/h1-35,37-40,60H,36H2. The minimum absolute atomic E-state index is 0.0995. The lowest BCUT2D eigenvalue weighted by molar-refractivity contribution is 0.849. The second-order valence-electron chi connectivity index (χ2n) is 17.1. The first kappa shape index (κ1) is 36.5. The Kier molecular flexibility index (Phi) is 8.39. The number of hydrogen-bond acceptors (Lipinski definition) is 2. The zero-order chi connectivity index (χ0) is 42.1. The van der Waals surface area contributed by atoms with E-state index in [-0.39, 0.29) is 6.04 Å². The van der Waals surface area contributed by atoms with Gasteiger partial charge in [-0.05, 0) is 103 Å². The van der Waals surface area contributed by atoms with E-state index >= 15 is 0 Å². The van der Waals surface area contributed by atoms with E-state index in [1.807, 2.05) is 0 Å². The van der Waals surface area contributed by atoms with Gasteiger partial charge in [-0.3, -0.25) is 0 Å². The molecule has 11 aromatic carbocycles. The van der Waals surface area contributed by atoms with Gasteiger partial charge in [0.1, 0.15) is 0 Å². The fourth-order valence-electron chi connectivity index (χ4n) is 10.9. The summed E-state index contributed by atoms with van der Waals surface area (Å²) in [6.45, 7) is 0. The van der Waals surface area contributed by atoms with E-state index in [9.17, 15) is 0 Å². The largest absolute Gasteiger partial charge is 0.329 e. The third-order valence-corrected chi connectivity index (χ3v) is 13.7. The highest BCUT2D eigenvalue weighted by Gasteiger charge is 2.34. The van der Waals surface area contributed by atoms with Gasteiger partial charge in [0.2, 0.25) is 0 Å². The lowest BCUT2D eigenvalue weighted by atomic mass is 9.76. The van der Waals surface area contributed by atoms with Crippen LogP contribution in [0.4, 0.5) is 28.4 Å². The summed E-state index contributed by atoms with van der Waals surface area (Å²) in [7, 11) is 0. The van der Waals surface area contributed by atoms with E-state index in [4.69, 9.17) is 0 Å². The summed E-state index contributed by atoms with van der Waals surface area (Å²) in [5.41, 5.74) is 13.7. The van der Waals surface area contributed by atoms with Crippen LogP contribution in [0, 0.1) is 0 Å². The molecule has 0 saturated carbocycles. The highest BCUT2D eigenvalue weighted by molar-refractivity contribution is 6.26. The van der Waals surface area contributed by atoms with Crippen molar-refractivity contribution in [3.63, 3.8) is 0 Å². The van der Waals surface area contributed by atoms with Gasteiger partial charge in [0.25, 0.3) is 0 Å². The van der Waals surface area contributed by atoms with E-state index in [0.29, 0.717) is 0 Å². The molecule has 11 aromatic rings. The first-order chi connectivity index (χ1) is 31.8. The SMILES string of the molecule is C1=C2C(=CCc3ccccc32)c2ccccc2C1N(c1ccccc1)c1c2ccccc2c(N(c2ccccc2)c2cc3c4ccccc4ccc3c3ccccc23)c2ccccc12. The average molecular weight is 815 g/mol. The fourth-order valence-corrected chi connectivity index (χ4v) is 10.9. The number of fused-ring (bicyclic) bond motifs is 12. The van der Waals surface area contributed by atoms with Crippen LogP contribution >= 0.6 is 0 Å². The average Bonchev–Trinajstić information content (AvgIpc) is 3.37. The number of benzene rings is 11. The summed E-state index contributed by atoms with van der Waals surface area (Å²) in [6, 6.07) is 82.9. The molecule has 0 N–H and O–H groups in total. The number of para-hydroxylation sites is 2. The first-order valence-electron chi connectivity index (χ1n) is 22.4. The van der Waals surface area contributed by atoms with E-state index in [2.05, 4.69) is 246 Å². The molecule has 300 valence electrons. The second-order valence-corrected chi connectivity index (χ2v) is 17.1. The Morgan fingerprint density at radius 1 is 0.359 bits per heavy atom. The Morgan fingerprint density at radius 3 is 1.61 bits per heavy atom. The summed E-state index contributed by atoms with van der Waals surface area (Å²) in [4.78, 5) is 5.16. The van der Waals surface area contributed by atoms with Crippen LogP contribution in [-0.4, -0.2) is 0 Å². The molecule has 0 fully saturated rings. The van der Waals surface area contributed by atoms with Gasteiger partial charge in [-0.1, -0.05) is 200 Å². The molecule has 0 aromatic heterocycles. The van der Waals surface area contributed by atoms with Crippen LogP contribution < -0.4 is 9.80 Å². The van der Waals surface area contributed by atoms with Gasteiger partial charge in [-0.25, -0.2) is 0 Å². The van der Waals surface area contributed by atoms with Crippen molar-refractivity contribution in [3.8, 4) is 0 Å². The van der Waals surface area contributed by atoms with E-state index in [0.717, 1.165) is 29.2 Å². The minimum atomic E-state index is -0.0995. The molecule has 13 rings (SSSR count). The van der Waals surface area contributed by atoms with Crippen molar-refractivity contribution in [1.29, 1.82) is 0 Å². The molecule has 0 aliphatic heterocycles. The van der Waals surface area contributed by atoms with Gasteiger partial charge in [-0.2, -0.15) is 0 Å².